The van der Waals surface area contributed by atoms with Gasteiger partial charge >= 0.3 is 6.18 Å². The van der Waals surface area contributed by atoms with Crippen molar-refractivity contribution in [2.75, 3.05) is 5.32 Å². The summed E-state index contributed by atoms with van der Waals surface area (Å²) in [5.74, 6) is -0.680. The Morgan fingerprint density at radius 2 is 2.00 bits per heavy atom. The summed E-state index contributed by atoms with van der Waals surface area (Å²) >= 11 is 0. The van der Waals surface area contributed by atoms with Crippen molar-refractivity contribution in [1.29, 1.82) is 0 Å². The molecule has 0 aliphatic rings. The van der Waals surface area contributed by atoms with E-state index in [4.69, 9.17) is 4.42 Å². The minimum atomic E-state index is -4.57. The number of carbonyl (C=O) groups excluding carboxylic acids is 1. The molecule has 27 heavy (non-hydrogen) atoms. The molecule has 0 unspecified atom stereocenters. The van der Waals surface area contributed by atoms with E-state index >= 15 is 0 Å². The second-order valence-electron chi connectivity index (χ2n) is 5.83. The molecule has 4 rings (SSSR count). The minimum absolute atomic E-state index is 0.142. The number of hydrogen-bond acceptors (Lipinski definition) is 3. The lowest BCUT2D eigenvalue weighted by Crippen LogP contribution is -2.16. The Labute approximate surface area is 150 Å². The molecule has 4 aromatic rings. The fourth-order valence-electron chi connectivity index (χ4n) is 2.82. The van der Waals surface area contributed by atoms with Crippen LogP contribution in [0.2, 0.25) is 0 Å². The Kier molecular flexibility index (Phi) is 3.95. The monoisotopic (exact) mass is 371 g/mol. The van der Waals surface area contributed by atoms with Crippen molar-refractivity contribution in [3.63, 3.8) is 0 Å². The van der Waals surface area contributed by atoms with Crippen molar-refractivity contribution >= 4 is 22.6 Å². The molecule has 0 aliphatic carbocycles. The number of amides is 1. The maximum Gasteiger partial charge on any atom is 0.418 e. The molecule has 0 saturated heterocycles. The van der Waals surface area contributed by atoms with Gasteiger partial charge in [-0.25, -0.2) is 4.98 Å². The molecular weight excluding hydrogens is 359 g/mol. The number of carbonyl (C=O) groups is 1. The fraction of sp³-hybridized carbons (Fsp3) is 0.0526. The highest BCUT2D eigenvalue weighted by molar-refractivity contribution is 6.07. The van der Waals surface area contributed by atoms with Gasteiger partial charge in [0.15, 0.2) is 0 Å². The maximum atomic E-state index is 13.1. The van der Waals surface area contributed by atoms with Crippen molar-refractivity contribution in [2.45, 2.75) is 6.18 Å². The molecule has 5 nitrogen and oxygen atoms in total. The quantitative estimate of drug-likeness (QED) is 0.527. The van der Waals surface area contributed by atoms with Gasteiger partial charge in [-0.3, -0.25) is 4.79 Å². The minimum Gasteiger partial charge on any atom is -0.472 e. The molecule has 3 aromatic heterocycles. The summed E-state index contributed by atoms with van der Waals surface area (Å²) in [6.07, 6.45) is 1.54. The molecule has 0 atom stereocenters. The van der Waals surface area contributed by atoms with E-state index in [1.54, 1.807) is 24.6 Å². The zero-order chi connectivity index (χ0) is 19.0. The standard InChI is InChI=1S/C19H12F3N3O2/c20-19(21,22)15-3-1-2-4-16(15)25-18(26)12-7-13-14(11-5-6-27-10-11)9-24-17(13)23-8-12/h1-10H,(H,23,24)(H,25,26). The molecule has 136 valence electrons. The van der Waals surface area contributed by atoms with Gasteiger partial charge in [0.1, 0.15) is 5.65 Å². The van der Waals surface area contributed by atoms with Gasteiger partial charge in [0.2, 0.25) is 0 Å². The first-order chi connectivity index (χ1) is 12.9. The van der Waals surface area contributed by atoms with Crippen LogP contribution in [-0.4, -0.2) is 15.9 Å². The summed E-state index contributed by atoms with van der Waals surface area (Å²) in [6, 6.07) is 8.15. The number of pyridine rings is 1. The molecular formula is C19H12F3N3O2. The number of anilines is 1. The van der Waals surface area contributed by atoms with Crippen LogP contribution >= 0.6 is 0 Å². The SMILES string of the molecule is O=C(Nc1ccccc1C(F)(F)F)c1cnc2[nH]cc(-c3ccoc3)c2c1. The van der Waals surface area contributed by atoms with Gasteiger partial charge in [-0.15, -0.1) is 0 Å². The summed E-state index contributed by atoms with van der Waals surface area (Å²) in [6.45, 7) is 0. The Morgan fingerprint density at radius 1 is 1.19 bits per heavy atom. The molecule has 8 heteroatoms. The highest BCUT2D eigenvalue weighted by Crippen LogP contribution is 2.35. The molecule has 0 bridgehead atoms. The Morgan fingerprint density at radius 3 is 2.74 bits per heavy atom. The van der Waals surface area contributed by atoms with Gasteiger partial charge in [-0.05, 0) is 24.3 Å². The van der Waals surface area contributed by atoms with Crippen LogP contribution in [0, 0.1) is 0 Å². The van der Waals surface area contributed by atoms with E-state index in [9.17, 15) is 18.0 Å². The van der Waals surface area contributed by atoms with Gasteiger partial charge in [-0.2, -0.15) is 13.2 Å². The number of para-hydroxylation sites is 1. The highest BCUT2D eigenvalue weighted by atomic mass is 19.4. The van der Waals surface area contributed by atoms with Crippen molar-refractivity contribution in [2.24, 2.45) is 0 Å². The van der Waals surface area contributed by atoms with Crippen LogP contribution in [0.3, 0.4) is 0 Å². The van der Waals surface area contributed by atoms with E-state index in [0.717, 1.165) is 17.2 Å². The number of fused-ring (bicyclic) bond motifs is 1. The first kappa shape index (κ1) is 16.9. The van der Waals surface area contributed by atoms with E-state index in [2.05, 4.69) is 15.3 Å². The van der Waals surface area contributed by atoms with Crippen LogP contribution in [0.5, 0.6) is 0 Å². The van der Waals surface area contributed by atoms with Crippen LogP contribution < -0.4 is 5.32 Å². The number of aromatic amines is 1. The number of benzene rings is 1. The van der Waals surface area contributed by atoms with E-state index in [0.29, 0.717) is 11.0 Å². The summed E-state index contributed by atoms with van der Waals surface area (Å²) in [4.78, 5) is 19.7. The molecule has 2 N–H and O–H groups in total. The van der Waals surface area contributed by atoms with E-state index in [1.807, 2.05) is 0 Å². The Balaban J connectivity index is 1.69. The molecule has 3 heterocycles. The number of hydrogen-bond donors (Lipinski definition) is 2. The number of rotatable bonds is 3. The highest BCUT2D eigenvalue weighted by Gasteiger charge is 2.33. The van der Waals surface area contributed by atoms with Crippen LogP contribution in [0.25, 0.3) is 22.2 Å². The predicted octanol–water partition coefficient (Wildman–Crippen LogP) is 5.09. The second kappa shape index (κ2) is 6.31. The average molecular weight is 371 g/mol. The Hall–Kier alpha value is -3.55. The normalized spacial score (nSPS) is 11.7. The van der Waals surface area contributed by atoms with Crippen LogP contribution in [-0.2, 0) is 6.18 Å². The molecule has 1 amide bonds. The first-order valence-electron chi connectivity index (χ1n) is 7.91. The number of halogens is 3. The van der Waals surface area contributed by atoms with Crippen molar-refractivity contribution in [1.82, 2.24) is 9.97 Å². The summed E-state index contributed by atoms with van der Waals surface area (Å²) in [5.41, 5.74) is 1.05. The molecule has 0 aliphatic heterocycles. The third-order valence-electron chi connectivity index (χ3n) is 4.11. The van der Waals surface area contributed by atoms with E-state index in [1.165, 1.54) is 30.7 Å². The zero-order valence-electron chi connectivity index (χ0n) is 13.7. The van der Waals surface area contributed by atoms with Crippen molar-refractivity contribution in [3.8, 4) is 11.1 Å². The second-order valence-corrected chi connectivity index (χ2v) is 5.83. The lowest BCUT2D eigenvalue weighted by Gasteiger charge is -2.13. The van der Waals surface area contributed by atoms with E-state index in [-0.39, 0.29) is 11.3 Å². The van der Waals surface area contributed by atoms with Crippen LogP contribution in [0.4, 0.5) is 18.9 Å². The molecule has 0 spiro atoms. The summed E-state index contributed by atoms with van der Waals surface area (Å²) in [7, 11) is 0. The number of H-pyrrole nitrogens is 1. The van der Waals surface area contributed by atoms with E-state index < -0.39 is 17.6 Å². The fourth-order valence-corrected chi connectivity index (χ4v) is 2.82. The number of furan rings is 1. The third kappa shape index (κ3) is 3.17. The molecule has 1 aromatic carbocycles. The molecule has 0 fully saturated rings. The van der Waals surface area contributed by atoms with Crippen molar-refractivity contribution in [3.05, 3.63) is 72.4 Å². The van der Waals surface area contributed by atoms with Gasteiger partial charge in [0.25, 0.3) is 5.91 Å². The lowest BCUT2D eigenvalue weighted by atomic mass is 10.1. The van der Waals surface area contributed by atoms with Gasteiger partial charge in [0.05, 0.1) is 29.3 Å². The van der Waals surface area contributed by atoms with Crippen molar-refractivity contribution < 1.29 is 22.4 Å². The van der Waals surface area contributed by atoms with Gasteiger partial charge in [0, 0.05) is 28.9 Å². The van der Waals surface area contributed by atoms with Gasteiger partial charge < -0.3 is 14.7 Å². The van der Waals surface area contributed by atoms with Crippen LogP contribution in [0.1, 0.15) is 15.9 Å². The number of alkyl halides is 3. The number of nitrogens with one attached hydrogen (secondary N) is 2. The topological polar surface area (TPSA) is 70.9 Å². The van der Waals surface area contributed by atoms with Crippen LogP contribution in [0.15, 0.2) is 65.7 Å². The average Bonchev–Trinajstić information content (AvgIpc) is 3.30. The smallest absolute Gasteiger partial charge is 0.418 e. The molecule has 0 saturated carbocycles. The first-order valence-corrected chi connectivity index (χ1v) is 7.91. The predicted molar refractivity (Wildman–Crippen MR) is 93.2 cm³/mol. The third-order valence-corrected chi connectivity index (χ3v) is 4.11. The Bertz CT molecular complexity index is 1110. The molecule has 0 radical (unpaired) electrons. The lowest BCUT2D eigenvalue weighted by molar-refractivity contribution is -0.136. The zero-order valence-corrected chi connectivity index (χ0v) is 13.7. The maximum absolute atomic E-state index is 13.1. The summed E-state index contributed by atoms with van der Waals surface area (Å²) < 4.78 is 44.4. The number of aromatic nitrogens is 2. The van der Waals surface area contributed by atoms with Gasteiger partial charge in [-0.1, -0.05) is 12.1 Å². The summed E-state index contributed by atoms with van der Waals surface area (Å²) in [5, 5.41) is 2.98. The number of nitrogens with zero attached hydrogens (tertiary/aromatic N) is 1. The largest absolute Gasteiger partial charge is 0.472 e.